The summed E-state index contributed by atoms with van der Waals surface area (Å²) in [5.41, 5.74) is 2.51. The number of rotatable bonds is 7. The molecule has 3 aromatic rings. The van der Waals surface area contributed by atoms with Gasteiger partial charge in [-0.05, 0) is 65.4 Å². The summed E-state index contributed by atoms with van der Waals surface area (Å²) in [4.78, 5) is 38.3. The number of amides is 3. The molecule has 0 unspecified atom stereocenters. The maximum absolute atomic E-state index is 13.0. The SMILES string of the molecule is O=C(Cc1ccc(-n2cccc2)cc1)NCCN1C(=O)S/C(=C\c2ccc(F)cc2)C1=O. The molecule has 162 valence electrons. The van der Waals surface area contributed by atoms with Gasteiger partial charge in [-0.3, -0.25) is 19.3 Å². The van der Waals surface area contributed by atoms with E-state index >= 15 is 0 Å². The van der Waals surface area contributed by atoms with Crippen LogP contribution in [0.15, 0.2) is 78.0 Å². The summed E-state index contributed by atoms with van der Waals surface area (Å²) in [6.07, 6.45) is 5.65. The normalized spacial score (nSPS) is 14.9. The van der Waals surface area contributed by atoms with E-state index in [1.807, 2.05) is 53.4 Å². The molecule has 6 nitrogen and oxygen atoms in total. The summed E-state index contributed by atoms with van der Waals surface area (Å²) >= 11 is 0.833. The zero-order chi connectivity index (χ0) is 22.5. The molecule has 4 rings (SSSR count). The molecule has 0 aliphatic carbocycles. The molecule has 0 spiro atoms. The molecule has 0 atom stereocenters. The van der Waals surface area contributed by atoms with Gasteiger partial charge in [0.15, 0.2) is 0 Å². The van der Waals surface area contributed by atoms with E-state index < -0.39 is 11.1 Å². The van der Waals surface area contributed by atoms with Crippen LogP contribution >= 0.6 is 11.8 Å². The van der Waals surface area contributed by atoms with Crippen molar-refractivity contribution in [2.75, 3.05) is 13.1 Å². The average molecular weight is 450 g/mol. The minimum absolute atomic E-state index is 0.0870. The summed E-state index contributed by atoms with van der Waals surface area (Å²) in [6.45, 7) is 0.256. The maximum atomic E-state index is 13.0. The number of benzene rings is 2. The van der Waals surface area contributed by atoms with E-state index in [9.17, 15) is 18.8 Å². The van der Waals surface area contributed by atoms with Gasteiger partial charge in [0.25, 0.3) is 11.1 Å². The van der Waals surface area contributed by atoms with Crippen LogP contribution in [0.4, 0.5) is 9.18 Å². The van der Waals surface area contributed by atoms with Crippen LogP contribution in [0.2, 0.25) is 0 Å². The van der Waals surface area contributed by atoms with Gasteiger partial charge < -0.3 is 9.88 Å². The van der Waals surface area contributed by atoms with Crippen molar-refractivity contribution in [2.45, 2.75) is 6.42 Å². The molecule has 0 saturated carbocycles. The standard InChI is InChI=1S/C24H20FN3O3S/c25-19-7-3-17(4-8-19)15-21-23(30)28(24(31)32-21)14-11-26-22(29)16-18-5-9-20(10-6-18)27-12-1-2-13-27/h1-10,12-13,15H,11,14,16H2,(H,26,29)/b21-15-. The highest BCUT2D eigenvalue weighted by molar-refractivity contribution is 8.18. The number of halogens is 1. The second kappa shape index (κ2) is 9.65. The molecule has 2 aromatic carbocycles. The third kappa shape index (κ3) is 5.15. The Balaban J connectivity index is 1.27. The van der Waals surface area contributed by atoms with Crippen LogP contribution in [0.5, 0.6) is 0 Å². The Kier molecular flexibility index (Phi) is 6.51. The minimum Gasteiger partial charge on any atom is -0.354 e. The number of nitrogens with one attached hydrogen (secondary N) is 1. The first-order valence-corrected chi connectivity index (χ1v) is 10.8. The van der Waals surface area contributed by atoms with E-state index in [0.29, 0.717) is 5.56 Å². The van der Waals surface area contributed by atoms with Gasteiger partial charge in [-0.25, -0.2) is 4.39 Å². The number of carbonyl (C=O) groups excluding carboxylic acids is 3. The molecule has 1 aliphatic heterocycles. The van der Waals surface area contributed by atoms with Crippen LogP contribution in [0, 0.1) is 5.82 Å². The first-order chi connectivity index (χ1) is 15.5. The van der Waals surface area contributed by atoms with Crippen molar-refractivity contribution in [3.8, 4) is 5.69 Å². The lowest BCUT2D eigenvalue weighted by molar-refractivity contribution is -0.124. The number of carbonyl (C=O) groups is 3. The van der Waals surface area contributed by atoms with Gasteiger partial charge >= 0.3 is 0 Å². The molecule has 8 heteroatoms. The summed E-state index contributed by atoms with van der Waals surface area (Å²) < 4.78 is 15.0. The summed E-state index contributed by atoms with van der Waals surface area (Å²) in [5, 5.41) is 2.36. The molecule has 32 heavy (non-hydrogen) atoms. The van der Waals surface area contributed by atoms with E-state index in [4.69, 9.17) is 0 Å². The first kappa shape index (κ1) is 21.6. The fourth-order valence-corrected chi connectivity index (χ4v) is 4.12. The average Bonchev–Trinajstić information content (AvgIpc) is 3.40. The van der Waals surface area contributed by atoms with E-state index in [0.717, 1.165) is 27.9 Å². The second-order valence-electron chi connectivity index (χ2n) is 7.17. The molecule has 2 heterocycles. The summed E-state index contributed by atoms with van der Waals surface area (Å²) in [7, 11) is 0. The van der Waals surface area contributed by atoms with E-state index in [1.165, 1.54) is 24.3 Å². The second-order valence-corrected chi connectivity index (χ2v) is 8.16. The Morgan fingerprint density at radius 1 is 1.00 bits per heavy atom. The minimum atomic E-state index is -0.417. The van der Waals surface area contributed by atoms with Crippen molar-refractivity contribution in [2.24, 2.45) is 0 Å². The highest BCUT2D eigenvalue weighted by Crippen LogP contribution is 2.31. The number of hydrogen-bond donors (Lipinski definition) is 1. The molecule has 1 N–H and O–H groups in total. The van der Waals surface area contributed by atoms with Gasteiger partial charge in [-0.2, -0.15) is 0 Å². The van der Waals surface area contributed by atoms with E-state index in [1.54, 1.807) is 6.08 Å². The van der Waals surface area contributed by atoms with E-state index in [2.05, 4.69) is 5.32 Å². The molecule has 1 saturated heterocycles. The van der Waals surface area contributed by atoms with Gasteiger partial charge in [-0.15, -0.1) is 0 Å². The zero-order valence-electron chi connectivity index (χ0n) is 17.0. The van der Waals surface area contributed by atoms with Crippen molar-refractivity contribution in [3.63, 3.8) is 0 Å². The van der Waals surface area contributed by atoms with Crippen molar-refractivity contribution in [1.29, 1.82) is 0 Å². The monoisotopic (exact) mass is 449 g/mol. The van der Waals surface area contributed by atoms with Crippen molar-refractivity contribution >= 4 is 34.9 Å². The number of aromatic nitrogens is 1. The quantitative estimate of drug-likeness (QED) is 0.554. The fourth-order valence-electron chi connectivity index (χ4n) is 3.25. The van der Waals surface area contributed by atoms with Crippen LogP contribution < -0.4 is 5.32 Å². The molecule has 1 aliphatic rings. The largest absolute Gasteiger partial charge is 0.354 e. The topological polar surface area (TPSA) is 71.4 Å². The predicted molar refractivity (Wildman–Crippen MR) is 122 cm³/mol. The van der Waals surface area contributed by atoms with Gasteiger partial charge in [0.2, 0.25) is 5.91 Å². The van der Waals surface area contributed by atoms with Crippen LogP contribution in [-0.4, -0.2) is 39.6 Å². The Morgan fingerprint density at radius 2 is 1.69 bits per heavy atom. The van der Waals surface area contributed by atoms with Crippen LogP contribution in [-0.2, 0) is 16.0 Å². The molecule has 3 amide bonds. The van der Waals surface area contributed by atoms with Crippen LogP contribution in [0.1, 0.15) is 11.1 Å². The number of hydrogen-bond acceptors (Lipinski definition) is 4. The number of thioether (sulfide) groups is 1. The Hall–Kier alpha value is -3.65. The Morgan fingerprint density at radius 3 is 2.38 bits per heavy atom. The third-order valence-electron chi connectivity index (χ3n) is 4.90. The van der Waals surface area contributed by atoms with Crippen LogP contribution in [0.3, 0.4) is 0 Å². The summed E-state index contributed by atoms with van der Waals surface area (Å²) in [6, 6.07) is 17.2. The van der Waals surface area contributed by atoms with E-state index in [-0.39, 0.29) is 36.1 Å². The van der Waals surface area contributed by atoms with Crippen molar-refractivity contribution in [1.82, 2.24) is 14.8 Å². The van der Waals surface area contributed by atoms with Gasteiger partial charge in [-0.1, -0.05) is 24.3 Å². The lowest BCUT2D eigenvalue weighted by Crippen LogP contribution is -2.37. The Labute approximate surface area is 188 Å². The van der Waals surface area contributed by atoms with Crippen LogP contribution in [0.25, 0.3) is 11.8 Å². The lowest BCUT2D eigenvalue weighted by Gasteiger charge is -2.13. The van der Waals surface area contributed by atoms with Gasteiger partial charge in [0, 0.05) is 31.2 Å². The third-order valence-corrected chi connectivity index (χ3v) is 5.81. The van der Waals surface area contributed by atoms with Crippen molar-refractivity contribution in [3.05, 3.63) is 94.9 Å². The molecule has 0 radical (unpaired) electrons. The predicted octanol–water partition coefficient (Wildman–Crippen LogP) is 4.01. The molecule has 1 aromatic heterocycles. The highest BCUT2D eigenvalue weighted by atomic mass is 32.2. The lowest BCUT2D eigenvalue weighted by atomic mass is 10.1. The molecular weight excluding hydrogens is 429 g/mol. The molecular formula is C24H20FN3O3S. The zero-order valence-corrected chi connectivity index (χ0v) is 17.8. The Bertz CT molecular complexity index is 1160. The van der Waals surface area contributed by atoms with Gasteiger partial charge in [0.1, 0.15) is 5.82 Å². The summed E-state index contributed by atoms with van der Waals surface area (Å²) in [5.74, 6) is -0.977. The molecule has 1 fully saturated rings. The smallest absolute Gasteiger partial charge is 0.293 e. The van der Waals surface area contributed by atoms with Crippen molar-refractivity contribution < 1.29 is 18.8 Å². The maximum Gasteiger partial charge on any atom is 0.293 e. The number of imide groups is 1. The van der Waals surface area contributed by atoms with Gasteiger partial charge in [0.05, 0.1) is 11.3 Å². The fraction of sp³-hybridized carbons (Fsp3) is 0.125. The number of nitrogens with zero attached hydrogens (tertiary/aromatic N) is 2. The highest BCUT2D eigenvalue weighted by Gasteiger charge is 2.34. The molecule has 0 bridgehead atoms. The first-order valence-electron chi connectivity index (χ1n) is 9.99.